The number of rotatable bonds is 3. The molecule has 1 fully saturated rings. The van der Waals surface area contributed by atoms with Crippen LogP contribution in [0.3, 0.4) is 0 Å². The summed E-state index contributed by atoms with van der Waals surface area (Å²) in [5.41, 5.74) is 0.124. The first kappa shape index (κ1) is 12.0. The molecule has 1 heterocycles. The molecule has 0 saturated carbocycles. The van der Waals surface area contributed by atoms with Crippen LogP contribution in [0.4, 0.5) is 4.39 Å². The molecule has 4 heteroatoms. The number of carbonyl (C=O) groups is 1. The molecule has 3 nitrogen and oxygen atoms in total. The molecular formula is C13H17FN2O. The third kappa shape index (κ3) is 3.03. The van der Waals surface area contributed by atoms with Gasteiger partial charge >= 0.3 is 0 Å². The van der Waals surface area contributed by atoms with Crippen molar-refractivity contribution in [1.29, 1.82) is 0 Å². The summed E-state index contributed by atoms with van der Waals surface area (Å²) in [5, 5.41) is 2.80. The maximum Gasteiger partial charge on any atom is 0.254 e. The van der Waals surface area contributed by atoms with Crippen molar-refractivity contribution in [2.75, 3.05) is 26.7 Å². The SMILES string of the molecule is CN1CCC(CNC(=O)c2ccccc2F)C1. The van der Waals surface area contributed by atoms with Gasteiger partial charge in [0.15, 0.2) is 0 Å². The van der Waals surface area contributed by atoms with Crippen molar-refractivity contribution < 1.29 is 9.18 Å². The summed E-state index contributed by atoms with van der Waals surface area (Å²) < 4.78 is 13.3. The third-order valence-electron chi connectivity index (χ3n) is 3.16. The Labute approximate surface area is 101 Å². The molecule has 0 aromatic heterocycles. The predicted molar refractivity (Wildman–Crippen MR) is 64.3 cm³/mol. The second kappa shape index (κ2) is 5.27. The molecule has 1 N–H and O–H groups in total. The summed E-state index contributed by atoms with van der Waals surface area (Å²) in [6.07, 6.45) is 1.09. The van der Waals surface area contributed by atoms with Crippen LogP contribution >= 0.6 is 0 Å². The second-order valence-electron chi connectivity index (χ2n) is 4.61. The van der Waals surface area contributed by atoms with E-state index < -0.39 is 5.82 Å². The number of benzene rings is 1. The lowest BCUT2D eigenvalue weighted by atomic mass is 10.1. The monoisotopic (exact) mass is 236 g/mol. The highest BCUT2D eigenvalue weighted by Gasteiger charge is 2.20. The zero-order valence-electron chi connectivity index (χ0n) is 9.95. The van der Waals surface area contributed by atoms with Crippen LogP contribution in [0.25, 0.3) is 0 Å². The molecule has 0 aliphatic carbocycles. The van der Waals surface area contributed by atoms with Crippen molar-refractivity contribution in [2.45, 2.75) is 6.42 Å². The van der Waals surface area contributed by atoms with E-state index in [2.05, 4.69) is 17.3 Å². The van der Waals surface area contributed by atoms with Crippen molar-refractivity contribution in [3.05, 3.63) is 35.6 Å². The number of hydrogen-bond donors (Lipinski definition) is 1. The van der Waals surface area contributed by atoms with Crippen molar-refractivity contribution in [1.82, 2.24) is 10.2 Å². The lowest BCUT2D eigenvalue weighted by molar-refractivity contribution is 0.0943. The van der Waals surface area contributed by atoms with Gasteiger partial charge in [0.2, 0.25) is 0 Å². The van der Waals surface area contributed by atoms with Crippen LogP contribution in [0.5, 0.6) is 0 Å². The van der Waals surface area contributed by atoms with Gasteiger partial charge in [0.05, 0.1) is 5.56 Å². The molecule has 0 spiro atoms. The smallest absolute Gasteiger partial charge is 0.254 e. The first-order chi connectivity index (χ1) is 8.16. The molecular weight excluding hydrogens is 219 g/mol. The van der Waals surface area contributed by atoms with Gasteiger partial charge in [0.1, 0.15) is 5.82 Å². The quantitative estimate of drug-likeness (QED) is 0.862. The molecule has 17 heavy (non-hydrogen) atoms. The molecule has 1 saturated heterocycles. The van der Waals surface area contributed by atoms with E-state index in [0.717, 1.165) is 19.5 Å². The minimum Gasteiger partial charge on any atom is -0.352 e. The van der Waals surface area contributed by atoms with Gasteiger partial charge in [-0.1, -0.05) is 12.1 Å². The fourth-order valence-electron chi connectivity index (χ4n) is 2.17. The first-order valence-electron chi connectivity index (χ1n) is 5.88. The van der Waals surface area contributed by atoms with E-state index in [-0.39, 0.29) is 11.5 Å². The molecule has 0 radical (unpaired) electrons. The Morgan fingerprint density at radius 3 is 2.94 bits per heavy atom. The normalized spacial score (nSPS) is 20.5. The molecule has 1 aromatic carbocycles. The van der Waals surface area contributed by atoms with Crippen LogP contribution in [-0.4, -0.2) is 37.5 Å². The van der Waals surface area contributed by atoms with Crippen molar-refractivity contribution >= 4 is 5.91 Å². The van der Waals surface area contributed by atoms with Crippen LogP contribution in [-0.2, 0) is 0 Å². The molecule has 1 aliphatic heterocycles. The number of hydrogen-bond acceptors (Lipinski definition) is 2. The van der Waals surface area contributed by atoms with E-state index in [1.54, 1.807) is 12.1 Å². The maximum atomic E-state index is 13.3. The minimum absolute atomic E-state index is 0.124. The average Bonchev–Trinajstić information content (AvgIpc) is 2.73. The van der Waals surface area contributed by atoms with Crippen LogP contribution in [0, 0.1) is 11.7 Å². The number of likely N-dealkylation sites (tertiary alicyclic amines) is 1. The van der Waals surface area contributed by atoms with E-state index in [1.807, 2.05) is 0 Å². The highest BCUT2D eigenvalue weighted by molar-refractivity contribution is 5.94. The number of halogens is 1. The standard InChI is InChI=1S/C13H17FN2O/c1-16-7-6-10(9-16)8-15-13(17)11-4-2-3-5-12(11)14/h2-5,10H,6-9H2,1H3,(H,15,17). The van der Waals surface area contributed by atoms with Crippen LogP contribution in [0.2, 0.25) is 0 Å². The summed E-state index contributed by atoms with van der Waals surface area (Å²) in [7, 11) is 2.07. The molecule has 1 amide bonds. The minimum atomic E-state index is -0.464. The van der Waals surface area contributed by atoms with Crippen LogP contribution in [0.15, 0.2) is 24.3 Å². The molecule has 1 aliphatic rings. The second-order valence-corrected chi connectivity index (χ2v) is 4.61. The molecule has 1 atom stereocenters. The van der Waals surface area contributed by atoms with Crippen molar-refractivity contribution in [2.24, 2.45) is 5.92 Å². The Bertz CT molecular complexity index is 408. The van der Waals surface area contributed by atoms with Crippen LogP contribution in [0.1, 0.15) is 16.8 Å². The van der Waals surface area contributed by atoms with Gasteiger partial charge in [-0.3, -0.25) is 4.79 Å². The number of carbonyl (C=O) groups excluding carboxylic acids is 1. The Balaban J connectivity index is 1.88. The number of amides is 1. The molecule has 92 valence electrons. The lowest BCUT2D eigenvalue weighted by Gasteiger charge is -2.11. The van der Waals surface area contributed by atoms with Gasteiger partial charge in [-0.05, 0) is 38.1 Å². The summed E-state index contributed by atoms with van der Waals surface area (Å²) in [6, 6.07) is 6.06. The van der Waals surface area contributed by atoms with E-state index in [4.69, 9.17) is 0 Å². The van der Waals surface area contributed by atoms with Gasteiger partial charge in [-0.15, -0.1) is 0 Å². The average molecular weight is 236 g/mol. The zero-order valence-corrected chi connectivity index (χ0v) is 9.95. The maximum absolute atomic E-state index is 13.3. The molecule has 0 bridgehead atoms. The Kier molecular flexibility index (Phi) is 3.74. The Morgan fingerprint density at radius 2 is 2.29 bits per heavy atom. The van der Waals surface area contributed by atoms with Gasteiger partial charge in [-0.25, -0.2) is 4.39 Å². The lowest BCUT2D eigenvalue weighted by Crippen LogP contribution is -2.31. The third-order valence-corrected chi connectivity index (χ3v) is 3.16. The van der Waals surface area contributed by atoms with Crippen molar-refractivity contribution in [3.8, 4) is 0 Å². The van der Waals surface area contributed by atoms with Gasteiger partial charge in [0.25, 0.3) is 5.91 Å². The molecule has 1 aromatic rings. The Morgan fingerprint density at radius 1 is 1.53 bits per heavy atom. The van der Waals surface area contributed by atoms with Crippen molar-refractivity contribution in [3.63, 3.8) is 0 Å². The largest absolute Gasteiger partial charge is 0.352 e. The number of nitrogens with one attached hydrogen (secondary N) is 1. The molecule has 2 rings (SSSR count). The number of nitrogens with zero attached hydrogens (tertiary/aromatic N) is 1. The first-order valence-corrected chi connectivity index (χ1v) is 5.88. The summed E-state index contributed by atoms with van der Waals surface area (Å²) >= 11 is 0. The summed E-state index contributed by atoms with van der Waals surface area (Å²) in [4.78, 5) is 14.0. The van der Waals surface area contributed by atoms with E-state index in [1.165, 1.54) is 12.1 Å². The topological polar surface area (TPSA) is 32.3 Å². The Hall–Kier alpha value is -1.42. The highest BCUT2D eigenvalue weighted by Crippen LogP contribution is 2.13. The summed E-state index contributed by atoms with van der Waals surface area (Å²) in [5.74, 6) is -0.304. The van der Waals surface area contributed by atoms with E-state index in [0.29, 0.717) is 12.5 Å². The van der Waals surface area contributed by atoms with Gasteiger partial charge in [-0.2, -0.15) is 0 Å². The molecule has 1 unspecified atom stereocenters. The summed E-state index contributed by atoms with van der Waals surface area (Å²) in [6.45, 7) is 2.69. The van der Waals surface area contributed by atoms with Gasteiger partial charge < -0.3 is 10.2 Å². The predicted octanol–water partition coefficient (Wildman–Crippen LogP) is 1.51. The fraction of sp³-hybridized carbons (Fsp3) is 0.462. The van der Waals surface area contributed by atoms with E-state index in [9.17, 15) is 9.18 Å². The highest BCUT2D eigenvalue weighted by atomic mass is 19.1. The fourth-order valence-corrected chi connectivity index (χ4v) is 2.17. The van der Waals surface area contributed by atoms with E-state index >= 15 is 0 Å². The zero-order chi connectivity index (χ0) is 12.3. The van der Waals surface area contributed by atoms with Gasteiger partial charge in [0, 0.05) is 13.1 Å². The van der Waals surface area contributed by atoms with Crippen LogP contribution < -0.4 is 5.32 Å².